The largest absolute Gasteiger partial charge is 0.460 e. The average Bonchev–Trinajstić information content (AvgIpc) is 2.85. The minimum absolute atomic E-state index is 0.0380. The molecule has 0 saturated carbocycles. The van der Waals surface area contributed by atoms with Crippen LogP contribution in [0.25, 0.3) is 11.2 Å². The molecule has 0 bridgehead atoms. The van der Waals surface area contributed by atoms with Gasteiger partial charge in [-0.1, -0.05) is 13.3 Å². The Balaban J connectivity index is 1.99. The minimum atomic E-state index is -0.0380. The molecule has 23 heavy (non-hydrogen) atoms. The van der Waals surface area contributed by atoms with Crippen LogP contribution in [-0.2, 0) is 4.74 Å². The molecule has 1 aliphatic heterocycles. The molecule has 1 saturated heterocycles. The molecule has 1 fully saturated rings. The summed E-state index contributed by atoms with van der Waals surface area (Å²) in [5.41, 5.74) is 7.38. The van der Waals surface area contributed by atoms with Gasteiger partial charge in [-0.15, -0.1) is 0 Å². The fraction of sp³-hybridized carbons (Fsp3) is 0.688. The van der Waals surface area contributed by atoms with Crippen LogP contribution >= 0.6 is 0 Å². The van der Waals surface area contributed by atoms with Gasteiger partial charge in [-0.2, -0.15) is 9.97 Å². The van der Waals surface area contributed by atoms with E-state index in [1.807, 2.05) is 18.4 Å². The maximum atomic E-state index is 6.07. The second-order valence-electron chi connectivity index (χ2n) is 6.13. The molecule has 0 spiro atoms. The van der Waals surface area contributed by atoms with Crippen molar-refractivity contribution < 1.29 is 9.47 Å². The van der Waals surface area contributed by atoms with Crippen molar-refractivity contribution in [2.75, 3.05) is 12.3 Å². The molecule has 0 aliphatic carbocycles. The van der Waals surface area contributed by atoms with Crippen LogP contribution in [0, 0.1) is 6.92 Å². The summed E-state index contributed by atoms with van der Waals surface area (Å²) in [4.78, 5) is 13.3. The maximum Gasteiger partial charge on any atom is 0.320 e. The normalized spacial score (nSPS) is 19.9. The van der Waals surface area contributed by atoms with Crippen LogP contribution in [0.1, 0.15) is 58.0 Å². The quantitative estimate of drug-likeness (QED) is 0.911. The Labute approximate surface area is 136 Å². The number of hydrogen-bond acceptors (Lipinski definition) is 6. The van der Waals surface area contributed by atoms with Crippen molar-refractivity contribution >= 4 is 17.0 Å². The first-order valence-corrected chi connectivity index (χ1v) is 8.40. The van der Waals surface area contributed by atoms with Crippen molar-refractivity contribution in [1.82, 2.24) is 19.5 Å². The molecule has 2 atom stereocenters. The number of imidazole rings is 1. The number of nitrogens with two attached hydrogens (primary N) is 1. The van der Waals surface area contributed by atoms with E-state index in [9.17, 15) is 0 Å². The molecule has 0 aromatic carbocycles. The first kappa shape index (κ1) is 16.0. The van der Waals surface area contributed by atoms with E-state index in [0.29, 0.717) is 23.0 Å². The molecular weight excluding hydrogens is 294 g/mol. The minimum Gasteiger partial charge on any atom is -0.460 e. The SMILES string of the molecule is CCC[C@H](C)Oc1nc(N)c2nc(C)n(C3CCCCO3)c2n1. The first-order valence-electron chi connectivity index (χ1n) is 8.40. The van der Waals surface area contributed by atoms with E-state index in [2.05, 4.69) is 21.9 Å². The molecule has 3 rings (SSSR count). The summed E-state index contributed by atoms with van der Waals surface area (Å²) >= 11 is 0. The summed E-state index contributed by atoms with van der Waals surface area (Å²) in [5.74, 6) is 1.19. The monoisotopic (exact) mass is 319 g/mol. The number of nitrogen functional groups attached to an aromatic ring is 1. The Morgan fingerprint density at radius 3 is 2.87 bits per heavy atom. The van der Waals surface area contributed by atoms with E-state index in [1.54, 1.807) is 0 Å². The highest BCUT2D eigenvalue weighted by molar-refractivity contribution is 5.82. The summed E-state index contributed by atoms with van der Waals surface area (Å²) in [6, 6.07) is 0.313. The van der Waals surface area contributed by atoms with E-state index in [1.165, 1.54) is 0 Å². The standard InChI is InChI=1S/C16H25N5O2/c1-4-7-10(2)23-16-19-14(17)13-15(20-16)21(11(3)18-13)12-8-5-6-9-22-12/h10,12H,4-9H2,1-3H3,(H2,17,19,20)/t10-,12?/m0/s1. The molecule has 2 aromatic rings. The highest BCUT2D eigenvalue weighted by Gasteiger charge is 2.23. The van der Waals surface area contributed by atoms with Crippen LogP contribution in [0.2, 0.25) is 0 Å². The molecule has 1 aliphatic rings. The number of fused-ring (bicyclic) bond motifs is 1. The van der Waals surface area contributed by atoms with Crippen molar-refractivity contribution in [2.24, 2.45) is 0 Å². The van der Waals surface area contributed by atoms with Crippen LogP contribution in [-0.4, -0.2) is 32.2 Å². The average molecular weight is 319 g/mol. The van der Waals surface area contributed by atoms with Gasteiger partial charge in [0.05, 0.1) is 6.10 Å². The van der Waals surface area contributed by atoms with Gasteiger partial charge >= 0.3 is 6.01 Å². The predicted octanol–water partition coefficient (Wildman–Crippen LogP) is 2.98. The number of rotatable bonds is 5. The molecule has 2 N–H and O–H groups in total. The molecule has 2 aromatic heterocycles. The molecule has 0 amide bonds. The number of aryl methyl sites for hydroxylation is 1. The maximum absolute atomic E-state index is 6.07. The van der Waals surface area contributed by atoms with Gasteiger partial charge in [0.1, 0.15) is 12.1 Å². The molecule has 3 heterocycles. The number of hydrogen-bond donors (Lipinski definition) is 1. The number of ether oxygens (including phenoxy) is 2. The Morgan fingerprint density at radius 1 is 1.35 bits per heavy atom. The van der Waals surface area contributed by atoms with E-state index in [0.717, 1.165) is 44.5 Å². The third-order valence-electron chi connectivity index (χ3n) is 4.17. The highest BCUT2D eigenvalue weighted by atomic mass is 16.5. The van der Waals surface area contributed by atoms with Gasteiger partial charge in [-0.3, -0.25) is 4.57 Å². The van der Waals surface area contributed by atoms with Crippen molar-refractivity contribution in [3.05, 3.63) is 5.82 Å². The second kappa shape index (κ2) is 6.70. The Kier molecular flexibility index (Phi) is 4.66. The lowest BCUT2D eigenvalue weighted by Crippen LogP contribution is -2.20. The van der Waals surface area contributed by atoms with E-state index in [4.69, 9.17) is 15.2 Å². The number of aromatic nitrogens is 4. The van der Waals surface area contributed by atoms with Crippen molar-refractivity contribution in [1.29, 1.82) is 0 Å². The van der Waals surface area contributed by atoms with Gasteiger partial charge in [0.25, 0.3) is 0 Å². The number of nitrogens with zero attached hydrogens (tertiary/aromatic N) is 4. The molecule has 0 radical (unpaired) electrons. The lowest BCUT2D eigenvalue weighted by Gasteiger charge is -2.25. The zero-order valence-electron chi connectivity index (χ0n) is 14.1. The zero-order valence-corrected chi connectivity index (χ0v) is 14.1. The van der Waals surface area contributed by atoms with Gasteiger partial charge in [-0.25, -0.2) is 4.98 Å². The molecule has 7 nitrogen and oxygen atoms in total. The Hall–Kier alpha value is -1.89. The van der Waals surface area contributed by atoms with Crippen molar-refractivity contribution in [2.45, 2.75) is 65.2 Å². The Bertz CT molecular complexity index is 679. The lowest BCUT2D eigenvalue weighted by molar-refractivity contribution is -0.0309. The summed E-state index contributed by atoms with van der Waals surface area (Å²) < 4.78 is 13.7. The predicted molar refractivity (Wildman–Crippen MR) is 88.3 cm³/mol. The number of anilines is 1. The van der Waals surface area contributed by atoms with Crippen LogP contribution in [0.4, 0.5) is 5.82 Å². The fourth-order valence-electron chi connectivity index (χ4n) is 3.05. The summed E-state index contributed by atoms with van der Waals surface area (Å²) in [6.45, 7) is 6.84. The second-order valence-corrected chi connectivity index (χ2v) is 6.13. The van der Waals surface area contributed by atoms with Crippen molar-refractivity contribution in [3.63, 3.8) is 0 Å². The third kappa shape index (κ3) is 3.24. The van der Waals surface area contributed by atoms with Gasteiger partial charge < -0.3 is 15.2 Å². The van der Waals surface area contributed by atoms with Gasteiger partial charge in [0, 0.05) is 6.61 Å². The zero-order chi connectivity index (χ0) is 16.4. The highest BCUT2D eigenvalue weighted by Crippen LogP contribution is 2.30. The van der Waals surface area contributed by atoms with Crippen LogP contribution in [0.5, 0.6) is 6.01 Å². The molecular formula is C16H25N5O2. The van der Waals surface area contributed by atoms with Crippen LogP contribution in [0.3, 0.4) is 0 Å². The van der Waals surface area contributed by atoms with Gasteiger partial charge in [-0.05, 0) is 39.5 Å². The van der Waals surface area contributed by atoms with Crippen LogP contribution < -0.4 is 10.5 Å². The van der Waals surface area contributed by atoms with Crippen molar-refractivity contribution in [3.8, 4) is 6.01 Å². The Morgan fingerprint density at radius 2 is 2.17 bits per heavy atom. The summed E-state index contributed by atoms with van der Waals surface area (Å²) in [7, 11) is 0. The lowest BCUT2D eigenvalue weighted by atomic mass is 10.2. The molecule has 1 unspecified atom stereocenters. The van der Waals surface area contributed by atoms with E-state index < -0.39 is 0 Å². The van der Waals surface area contributed by atoms with Gasteiger partial charge in [0.15, 0.2) is 17.0 Å². The van der Waals surface area contributed by atoms with E-state index >= 15 is 0 Å². The fourth-order valence-corrected chi connectivity index (χ4v) is 3.05. The molecule has 126 valence electrons. The molecule has 7 heteroatoms. The smallest absolute Gasteiger partial charge is 0.320 e. The summed E-state index contributed by atoms with van der Waals surface area (Å²) in [5, 5.41) is 0. The van der Waals surface area contributed by atoms with Gasteiger partial charge in [0.2, 0.25) is 0 Å². The summed E-state index contributed by atoms with van der Waals surface area (Å²) in [6.07, 6.45) is 5.21. The first-order chi connectivity index (χ1) is 11.1. The van der Waals surface area contributed by atoms with Crippen LogP contribution in [0.15, 0.2) is 0 Å². The van der Waals surface area contributed by atoms with E-state index in [-0.39, 0.29) is 12.3 Å². The topological polar surface area (TPSA) is 88.1 Å². The third-order valence-corrected chi connectivity index (χ3v) is 4.17.